The van der Waals surface area contributed by atoms with Crippen LogP contribution in [0.15, 0.2) is 0 Å². The number of nitrogens with two attached hydrogens (primary N) is 1. The van der Waals surface area contributed by atoms with Gasteiger partial charge in [-0.05, 0) is 45.1 Å². The van der Waals surface area contributed by atoms with Crippen LogP contribution in [0.25, 0.3) is 0 Å². The average Bonchev–Trinajstić information content (AvgIpc) is 2.19. The first-order chi connectivity index (χ1) is 6.85. The quantitative estimate of drug-likeness (QED) is 0.732. The molecule has 0 aromatic carbocycles. The largest absolute Gasteiger partial charge is 0.378 e. The molecule has 2 heterocycles. The van der Waals surface area contributed by atoms with Crippen LogP contribution in [-0.2, 0) is 9.47 Å². The van der Waals surface area contributed by atoms with Crippen LogP contribution in [0.5, 0.6) is 0 Å². The number of hydrogen-bond donors (Lipinski definition) is 1. The molecule has 0 radical (unpaired) electrons. The van der Waals surface area contributed by atoms with Gasteiger partial charge in [-0.3, -0.25) is 0 Å². The Morgan fingerprint density at radius 2 is 2.14 bits per heavy atom. The third-order valence-electron chi connectivity index (χ3n) is 3.35. The van der Waals surface area contributed by atoms with Gasteiger partial charge < -0.3 is 15.2 Å². The van der Waals surface area contributed by atoms with Crippen LogP contribution in [0.4, 0.5) is 0 Å². The fourth-order valence-corrected chi connectivity index (χ4v) is 2.63. The summed E-state index contributed by atoms with van der Waals surface area (Å²) in [7, 11) is 0. The molecule has 2 fully saturated rings. The Kier molecular flexibility index (Phi) is 3.42. The van der Waals surface area contributed by atoms with Gasteiger partial charge in [-0.15, -0.1) is 0 Å². The van der Waals surface area contributed by atoms with E-state index in [2.05, 4.69) is 0 Å². The summed E-state index contributed by atoms with van der Waals surface area (Å²) in [4.78, 5) is 0. The molecule has 2 unspecified atom stereocenters. The molecule has 2 atom stereocenters. The van der Waals surface area contributed by atoms with Crippen molar-refractivity contribution < 1.29 is 9.47 Å². The molecule has 2 aliphatic rings. The van der Waals surface area contributed by atoms with Crippen LogP contribution in [0.3, 0.4) is 0 Å². The summed E-state index contributed by atoms with van der Waals surface area (Å²) in [6.07, 6.45) is 7.34. The van der Waals surface area contributed by atoms with E-state index in [0.29, 0.717) is 6.10 Å². The zero-order valence-electron chi connectivity index (χ0n) is 8.84. The van der Waals surface area contributed by atoms with Gasteiger partial charge in [-0.2, -0.15) is 0 Å². The van der Waals surface area contributed by atoms with E-state index in [0.717, 1.165) is 32.6 Å². The average molecular weight is 199 g/mol. The number of rotatable bonds is 2. The van der Waals surface area contributed by atoms with E-state index in [4.69, 9.17) is 15.2 Å². The highest BCUT2D eigenvalue weighted by Crippen LogP contribution is 2.35. The molecule has 2 saturated heterocycles. The highest BCUT2D eigenvalue weighted by Gasteiger charge is 2.38. The summed E-state index contributed by atoms with van der Waals surface area (Å²) in [5, 5.41) is 0. The minimum absolute atomic E-state index is 0.0519. The first-order valence-corrected chi connectivity index (χ1v) is 5.80. The molecule has 82 valence electrons. The second-order valence-corrected chi connectivity index (χ2v) is 4.55. The maximum atomic E-state index is 6.15. The molecule has 3 nitrogen and oxygen atoms in total. The monoisotopic (exact) mass is 199 g/mol. The maximum absolute atomic E-state index is 6.15. The predicted octanol–water partition coefficient (Wildman–Crippen LogP) is 1.45. The van der Waals surface area contributed by atoms with Crippen LogP contribution < -0.4 is 5.73 Å². The second-order valence-electron chi connectivity index (χ2n) is 4.55. The summed E-state index contributed by atoms with van der Waals surface area (Å²) >= 11 is 0. The van der Waals surface area contributed by atoms with Gasteiger partial charge in [0.2, 0.25) is 0 Å². The van der Waals surface area contributed by atoms with Crippen molar-refractivity contribution in [1.82, 2.24) is 0 Å². The smallest absolute Gasteiger partial charge is 0.0919 e. The first-order valence-electron chi connectivity index (χ1n) is 5.80. The molecule has 0 aromatic heterocycles. The van der Waals surface area contributed by atoms with Crippen molar-refractivity contribution in [2.45, 2.75) is 50.2 Å². The Morgan fingerprint density at radius 1 is 1.29 bits per heavy atom. The predicted molar refractivity (Wildman–Crippen MR) is 55.2 cm³/mol. The van der Waals surface area contributed by atoms with Gasteiger partial charge in [0.1, 0.15) is 0 Å². The summed E-state index contributed by atoms with van der Waals surface area (Å²) in [5.41, 5.74) is 5.62. The highest BCUT2D eigenvalue weighted by atomic mass is 16.6. The lowest BCUT2D eigenvalue weighted by Gasteiger charge is -2.43. The van der Waals surface area contributed by atoms with Gasteiger partial charge in [0, 0.05) is 6.61 Å². The molecule has 2 N–H and O–H groups in total. The van der Waals surface area contributed by atoms with Crippen molar-refractivity contribution in [3.8, 4) is 0 Å². The Hall–Kier alpha value is -0.120. The van der Waals surface area contributed by atoms with Crippen molar-refractivity contribution in [1.29, 1.82) is 0 Å². The molecular weight excluding hydrogens is 178 g/mol. The van der Waals surface area contributed by atoms with Crippen LogP contribution in [-0.4, -0.2) is 31.5 Å². The lowest BCUT2D eigenvalue weighted by Crippen LogP contribution is -2.47. The molecule has 2 rings (SSSR count). The molecule has 0 aliphatic carbocycles. The zero-order valence-corrected chi connectivity index (χ0v) is 8.84. The Balaban J connectivity index is 1.91. The van der Waals surface area contributed by atoms with Crippen LogP contribution in [0, 0.1) is 0 Å². The van der Waals surface area contributed by atoms with Crippen LogP contribution in [0.2, 0.25) is 0 Å². The third kappa shape index (κ3) is 2.27. The van der Waals surface area contributed by atoms with Crippen LogP contribution in [0.1, 0.15) is 38.5 Å². The lowest BCUT2D eigenvalue weighted by atomic mass is 9.86. The summed E-state index contributed by atoms with van der Waals surface area (Å²) in [5.74, 6) is 0. The Labute approximate surface area is 85.9 Å². The van der Waals surface area contributed by atoms with Gasteiger partial charge in [-0.25, -0.2) is 0 Å². The van der Waals surface area contributed by atoms with E-state index in [1.807, 2.05) is 0 Å². The fraction of sp³-hybridized carbons (Fsp3) is 1.00. The van der Waals surface area contributed by atoms with E-state index in [9.17, 15) is 0 Å². The van der Waals surface area contributed by atoms with Crippen molar-refractivity contribution >= 4 is 0 Å². The molecule has 0 bridgehead atoms. The zero-order chi connectivity index (χ0) is 9.86. The molecule has 0 saturated carbocycles. The molecular formula is C11H21NO2. The van der Waals surface area contributed by atoms with Gasteiger partial charge in [0.05, 0.1) is 18.3 Å². The topological polar surface area (TPSA) is 44.5 Å². The van der Waals surface area contributed by atoms with E-state index < -0.39 is 0 Å². The van der Waals surface area contributed by atoms with Crippen molar-refractivity contribution in [2.75, 3.05) is 19.8 Å². The van der Waals surface area contributed by atoms with Gasteiger partial charge in [0.25, 0.3) is 0 Å². The normalized spacial score (nSPS) is 38.8. The highest BCUT2D eigenvalue weighted by molar-refractivity contribution is 4.88. The van der Waals surface area contributed by atoms with E-state index in [1.54, 1.807) is 0 Å². The van der Waals surface area contributed by atoms with E-state index in [1.165, 1.54) is 25.7 Å². The molecule has 0 amide bonds. The SMILES string of the molecule is NCCC1CCCC2(CCCOC2)O1. The summed E-state index contributed by atoms with van der Waals surface area (Å²) in [6.45, 7) is 2.45. The maximum Gasteiger partial charge on any atom is 0.0919 e. The minimum Gasteiger partial charge on any atom is -0.378 e. The number of ether oxygens (including phenoxy) is 2. The third-order valence-corrected chi connectivity index (χ3v) is 3.35. The van der Waals surface area contributed by atoms with Crippen molar-refractivity contribution in [3.63, 3.8) is 0 Å². The molecule has 0 aromatic rings. The summed E-state index contributed by atoms with van der Waals surface area (Å²) in [6, 6.07) is 0. The number of hydrogen-bond acceptors (Lipinski definition) is 3. The summed E-state index contributed by atoms with van der Waals surface area (Å²) < 4.78 is 11.7. The standard InChI is InChI=1S/C11H21NO2/c12-7-4-10-3-1-5-11(14-10)6-2-8-13-9-11/h10H,1-9,12H2. The lowest BCUT2D eigenvalue weighted by molar-refractivity contribution is -0.183. The van der Waals surface area contributed by atoms with Gasteiger partial charge in [-0.1, -0.05) is 0 Å². The first kappa shape index (κ1) is 10.4. The fourth-order valence-electron chi connectivity index (χ4n) is 2.63. The molecule has 1 spiro atoms. The van der Waals surface area contributed by atoms with Crippen LogP contribution >= 0.6 is 0 Å². The van der Waals surface area contributed by atoms with E-state index in [-0.39, 0.29) is 5.60 Å². The molecule has 2 aliphatic heterocycles. The molecule has 3 heteroatoms. The van der Waals surface area contributed by atoms with Gasteiger partial charge in [0.15, 0.2) is 0 Å². The van der Waals surface area contributed by atoms with Crippen molar-refractivity contribution in [3.05, 3.63) is 0 Å². The second kappa shape index (κ2) is 4.60. The van der Waals surface area contributed by atoms with E-state index >= 15 is 0 Å². The minimum atomic E-state index is 0.0519. The Morgan fingerprint density at radius 3 is 2.86 bits per heavy atom. The molecule has 14 heavy (non-hydrogen) atoms. The van der Waals surface area contributed by atoms with Crippen molar-refractivity contribution in [2.24, 2.45) is 5.73 Å². The van der Waals surface area contributed by atoms with Gasteiger partial charge >= 0.3 is 0 Å². The Bertz CT molecular complexity index is 171.